The van der Waals surface area contributed by atoms with Crippen molar-refractivity contribution in [2.45, 2.75) is 37.8 Å². The number of rotatable bonds is 3. The number of hydrogen-bond donors (Lipinski definition) is 2. The third-order valence-corrected chi connectivity index (χ3v) is 5.20. The van der Waals surface area contributed by atoms with Crippen LogP contribution in [0.2, 0.25) is 0 Å². The largest absolute Gasteiger partial charge is 0.324 e. The van der Waals surface area contributed by atoms with Crippen molar-refractivity contribution >= 4 is 27.5 Å². The van der Waals surface area contributed by atoms with Crippen LogP contribution in [-0.2, 0) is 4.79 Å². The average molecular weight is 352 g/mol. The lowest BCUT2D eigenvalue weighted by Crippen LogP contribution is -2.49. The van der Waals surface area contributed by atoms with Crippen molar-refractivity contribution < 1.29 is 4.79 Å². The summed E-state index contributed by atoms with van der Waals surface area (Å²) in [5.74, 6) is 0.137. The number of likely N-dealkylation sites (tertiary alicyclic amines) is 1. The summed E-state index contributed by atoms with van der Waals surface area (Å²) in [4.78, 5) is 15.1. The Morgan fingerprint density at radius 3 is 2.76 bits per heavy atom. The molecule has 5 heteroatoms. The average Bonchev–Trinajstić information content (AvgIpc) is 3.00. The summed E-state index contributed by atoms with van der Waals surface area (Å²) in [5, 5.41) is 6.47. The summed E-state index contributed by atoms with van der Waals surface area (Å²) >= 11 is 3.49. The van der Waals surface area contributed by atoms with E-state index in [1.165, 1.54) is 0 Å². The Balaban J connectivity index is 1.67. The van der Waals surface area contributed by atoms with Crippen LogP contribution in [0.5, 0.6) is 0 Å². The summed E-state index contributed by atoms with van der Waals surface area (Å²) in [6.07, 6.45) is 4.40. The van der Waals surface area contributed by atoms with E-state index in [2.05, 4.69) is 31.5 Å². The van der Waals surface area contributed by atoms with E-state index in [1.54, 1.807) is 0 Å². The summed E-state index contributed by atoms with van der Waals surface area (Å²) < 4.78 is 0.935. The van der Waals surface area contributed by atoms with E-state index in [0.29, 0.717) is 6.04 Å². The molecule has 0 radical (unpaired) electrons. The van der Waals surface area contributed by atoms with Gasteiger partial charge < -0.3 is 10.6 Å². The number of amides is 1. The lowest BCUT2D eigenvalue weighted by Gasteiger charge is -2.35. The SMILES string of the molecule is O=C(Nc1ccccc1Br)C1CCCN1C1CCNCC1. The number of hydrogen-bond acceptors (Lipinski definition) is 3. The minimum Gasteiger partial charge on any atom is -0.324 e. The molecule has 1 aromatic carbocycles. The molecule has 0 aromatic heterocycles. The van der Waals surface area contributed by atoms with Gasteiger partial charge in [-0.05, 0) is 73.4 Å². The molecule has 114 valence electrons. The second kappa shape index (κ2) is 6.90. The van der Waals surface area contributed by atoms with E-state index in [9.17, 15) is 4.79 Å². The number of carbonyl (C=O) groups excluding carboxylic acids is 1. The van der Waals surface area contributed by atoms with Crippen LogP contribution in [-0.4, -0.2) is 42.5 Å². The number of benzene rings is 1. The van der Waals surface area contributed by atoms with Crippen molar-refractivity contribution in [3.63, 3.8) is 0 Å². The number of nitrogens with zero attached hydrogens (tertiary/aromatic N) is 1. The molecule has 2 aliphatic rings. The van der Waals surface area contributed by atoms with Gasteiger partial charge in [0.05, 0.1) is 11.7 Å². The Kier molecular flexibility index (Phi) is 4.93. The molecule has 2 heterocycles. The van der Waals surface area contributed by atoms with E-state index >= 15 is 0 Å². The third kappa shape index (κ3) is 3.47. The molecule has 2 saturated heterocycles. The highest BCUT2D eigenvalue weighted by Crippen LogP contribution is 2.27. The number of nitrogens with one attached hydrogen (secondary N) is 2. The van der Waals surface area contributed by atoms with Gasteiger partial charge in [-0.1, -0.05) is 12.1 Å². The van der Waals surface area contributed by atoms with Crippen LogP contribution in [0.1, 0.15) is 25.7 Å². The highest BCUT2D eigenvalue weighted by Gasteiger charge is 2.35. The highest BCUT2D eigenvalue weighted by molar-refractivity contribution is 9.10. The second-order valence-corrected chi connectivity index (χ2v) is 6.70. The number of carbonyl (C=O) groups is 1. The van der Waals surface area contributed by atoms with Crippen molar-refractivity contribution in [2.24, 2.45) is 0 Å². The highest BCUT2D eigenvalue weighted by atomic mass is 79.9. The molecular formula is C16H22BrN3O. The van der Waals surface area contributed by atoms with Crippen LogP contribution >= 0.6 is 15.9 Å². The maximum atomic E-state index is 12.6. The van der Waals surface area contributed by atoms with E-state index in [1.807, 2.05) is 24.3 Å². The van der Waals surface area contributed by atoms with Gasteiger partial charge in [-0.25, -0.2) is 0 Å². The molecule has 1 amide bonds. The van der Waals surface area contributed by atoms with Gasteiger partial charge in [-0.3, -0.25) is 9.69 Å². The summed E-state index contributed by atoms with van der Waals surface area (Å²) in [5.41, 5.74) is 0.861. The monoisotopic (exact) mass is 351 g/mol. The summed E-state index contributed by atoms with van der Waals surface area (Å²) in [6, 6.07) is 8.38. The van der Waals surface area contributed by atoms with Gasteiger partial charge in [0.15, 0.2) is 0 Å². The summed E-state index contributed by atoms with van der Waals surface area (Å²) in [6.45, 7) is 3.19. The molecule has 0 bridgehead atoms. The molecule has 4 nitrogen and oxygen atoms in total. The molecule has 0 spiro atoms. The minimum absolute atomic E-state index is 0.0280. The molecule has 0 saturated carbocycles. The van der Waals surface area contributed by atoms with Gasteiger partial charge in [0.2, 0.25) is 5.91 Å². The predicted octanol–water partition coefficient (Wildman–Crippen LogP) is 2.60. The first-order valence-corrected chi connectivity index (χ1v) is 8.57. The molecule has 2 N–H and O–H groups in total. The van der Waals surface area contributed by atoms with E-state index < -0.39 is 0 Å². The van der Waals surface area contributed by atoms with Gasteiger partial charge >= 0.3 is 0 Å². The van der Waals surface area contributed by atoms with Crippen molar-refractivity contribution in [1.82, 2.24) is 10.2 Å². The number of para-hydroxylation sites is 1. The van der Waals surface area contributed by atoms with Gasteiger partial charge in [-0.15, -0.1) is 0 Å². The van der Waals surface area contributed by atoms with Crippen LogP contribution in [0.25, 0.3) is 0 Å². The van der Waals surface area contributed by atoms with Gasteiger partial charge in [0.1, 0.15) is 0 Å². The molecule has 2 aliphatic heterocycles. The van der Waals surface area contributed by atoms with Crippen LogP contribution in [0.4, 0.5) is 5.69 Å². The lowest BCUT2D eigenvalue weighted by atomic mass is 10.0. The number of halogens is 1. The van der Waals surface area contributed by atoms with Crippen molar-refractivity contribution in [2.75, 3.05) is 25.0 Å². The molecule has 1 atom stereocenters. The third-order valence-electron chi connectivity index (χ3n) is 4.51. The van der Waals surface area contributed by atoms with Crippen molar-refractivity contribution in [3.05, 3.63) is 28.7 Å². The van der Waals surface area contributed by atoms with Crippen LogP contribution in [0, 0.1) is 0 Å². The fourth-order valence-electron chi connectivity index (χ4n) is 3.42. The Morgan fingerprint density at radius 2 is 2.00 bits per heavy atom. The van der Waals surface area contributed by atoms with E-state index in [-0.39, 0.29) is 11.9 Å². The first kappa shape index (κ1) is 15.0. The quantitative estimate of drug-likeness (QED) is 0.879. The minimum atomic E-state index is 0.0280. The van der Waals surface area contributed by atoms with Crippen molar-refractivity contribution in [3.8, 4) is 0 Å². The number of piperidine rings is 1. The fourth-order valence-corrected chi connectivity index (χ4v) is 3.81. The summed E-state index contributed by atoms with van der Waals surface area (Å²) in [7, 11) is 0. The smallest absolute Gasteiger partial charge is 0.241 e. The predicted molar refractivity (Wildman–Crippen MR) is 88.4 cm³/mol. The zero-order chi connectivity index (χ0) is 14.7. The van der Waals surface area contributed by atoms with Gasteiger partial charge in [-0.2, -0.15) is 0 Å². The Hall–Kier alpha value is -0.910. The standard InChI is InChI=1S/C16H22BrN3O/c17-13-4-1-2-5-14(13)19-16(21)15-6-3-11-20(15)12-7-9-18-10-8-12/h1-2,4-5,12,15,18H,3,6-11H2,(H,19,21). The van der Waals surface area contributed by atoms with Crippen LogP contribution in [0.15, 0.2) is 28.7 Å². The number of anilines is 1. The molecular weight excluding hydrogens is 330 g/mol. The molecule has 21 heavy (non-hydrogen) atoms. The molecule has 3 rings (SSSR count). The molecule has 0 aliphatic carbocycles. The molecule has 1 aromatic rings. The maximum Gasteiger partial charge on any atom is 0.241 e. The van der Waals surface area contributed by atoms with E-state index in [4.69, 9.17) is 0 Å². The van der Waals surface area contributed by atoms with Gasteiger partial charge in [0.25, 0.3) is 0 Å². The molecule has 1 unspecified atom stereocenters. The zero-order valence-electron chi connectivity index (χ0n) is 12.1. The normalized spacial score (nSPS) is 24.1. The van der Waals surface area contributed by atoms with E-state index in [0.717, 1.165) is 55.5 Å². The Bertz CT molecular complexity index is 502. The first-order valence-electron chi connectivity index (χ1n) is 7.77. The first-order chi connectivity index (χ1) is 10.3. The van der Waals surface area contributed by atoms with Crippen molar-refractivity contribution in [1.29, 1.82) is 0 Å². The van der Waals surface area contributed by atoms with Gasteiger partial charge in [0, 0.05) is 10.5 Å². The maximum absolute atomic E-state index is 12.6. The Labute approximate surface area is 134 Å². The fraction of sp³-hybridized carbons (Fsp3) is 0.562. The molecule has 2 fully saturated rings. The topological polar surface area (TPSA) is 44.4 Å². The lowest BCUT2D eigenvalue weighted by molar-refractivity contribution is -0.121. The Morgan fingerprint density at radius 1 is 1.24 bits per heavy atom. The van der Waals surface area contributed by atoms with Crippen LogP contribution in [0.3, 0.4) is 0 Å². The zero-order valence-corrected chi connectivity index (χ0v) is 13.7. The second-order valence-electron chi connectivity index (χ2n) is 5.85. The van der Waals surface area contributed by atoms with Crippen LogP contribution < -0.4 is 10.6 Å².